The molecule has 0 spiro atoms. The van der Waals surface area contributed by atoms with Gasteiger partial charge in [0.1, 0.15) is 12.4 Å². The molecule has 2 fully saturated rings. The van der Waals surface area contributed by atoms with Crippen molar-refractivity contribution < 1.29 is 19.1 Å². The van der Waals surface area contributed by atoms with Crippen LogP contribution in [0.2, 0.25) is 0 Å². The van der Waals surface area contributed by atoms with Crippen molar-refractivity contribution in [3.05, 3.63) is 71.3 Å². The number of carbonyl (C=O) groups is 2. The third-order valence-electron chi connectivity index (χ3n) is 6.42. The van der Waals surface area contributed by atoms with E-state index in [0.29, 0.717) is 38.4 Å². The van der Waals surface area contributed by atoms with Crippen molar-refractivity contribution in [2.45, 2.75) is 57.7 Å². The molecule has 0 N–H and O–H groups in total. The molecule has 2 aliphatic heterocycles. The maximum atomic E-state index is 13.0. The van der Waals surface area contributed by atoms with Gasteiger partial charge in [0.05, 0.1) is 25.3 Å². The molecule has 164 valence electrons. The first-order valence-corrected chi connectivity index (χ1v) is 11.2. The number of nitrogens with zero attached hydrogens (tertiary/aromatic N) is 1. The summed E-state index contributed by atoms with van der Waals surface area (Å²) in [5, 5.41) is 0. The van der Waals surface area contributed by atoms with Gasteiger partial charge in [-0.3, -0.25) is 9.69 Å². The van der Waals surface area contributed by atoms with Crippen molar-refractivity contribution in [3.8, 4) is 0 Å². The molecule has 0 aromatic heterocycles. The van der Waals surface area contributed by atoms with E-state index in [1.165, 1.54) is 5.56 Å². The van der Waals surface area contributed by atoms with E-state index < -0.39 is 0 Å². The minimum Gasteiger partial charge on any atom is -0.445 e. The highest BCUT2D eigenvalue weighted by Crippen LogP contribution is 2.33. The van der Waals surface area contributed by atoms with Gasteiger partial charge < -0.3 is 9.47 Å². The summed E-state index contributed by atoms with van der Waals surface area (Å²) in [7, 11) is 0. The van der Waals surface area contributed by atoms with Gasteiger partial charge in [0.15, 0.2) is 0 Å². The maximum absolute atomic E-state index is 13.0. The highest BCUT2D eigenvalue weighted by molar-refractivity contribution is 5.84. The van der Waals surface area contributed by atoms with Crippen LogP contribution in [0.3, 0.4) is 0 Å². The fourth-order valence-electron chi connectivity index (χ4n) is 4.64. The Kier molecular flexibility index (Phi) is 6.71. The molecule has 2 atom stereocenters. The molecule has 0 aliphatic carbocycles. The molecule has 2 unspecified atom stereocenters. The summed E-state index contributed by atoms with van der Waals surface area (Å²) in [4.78, 5) is 27.6. The summed E-state index contributed by atoms with van der Waals surface area (Å²) in [6.45, 7) is 5.51. The number of benzene rings is 2. The van der Waals surface area contributed by atoms with Crippen LogP contribution in [-0.2, 0) is 27.3 Å². The lowest BCUT2D eigenvalue weighted by atomic mass is 9.81. The Bertz CT molecular complexity index is 879. The van der Waals surface area contributed by atoms with Crippen LogP contribution in [0.4, 0.5) is 4.79 Å². The molecule has 2 aromatic carbocycles. The van der Waals surface area contributed by atoms with Crippen LogP contribution in [0.5, 0.6) is 0 Å². The first-order valence-electron chi connectivity index (χ1n) is 11.2. The first-order chi connectivity index (χ1) is 15.0. The van der Waals surface area contributed by atoms with Crippen LogP contribution in [0.1, 0.15) is 49.3 Å². The molecular formula is C26H31NO4. The fourth-order valence-corrected chi connectivity index (χ4v) is 4.64. The fraction of sp³-hybridized carbons (Fsp3) is 0.462. The number of rotatable bonds is 6. The summed E-state index contributed by atoms with van der Waals surface area (Å²) >= 11 is 0. The first kappa shape index (κ1) is 21.6. The molecule has 0 saturated carbocycles. The zero-order valence-corrected chi connectivity index (χ0v) is 18.3. The lowest BCUT2D eigenvalue weighted by Gasteiger charge is -2.47. The van der Waals surface area contributed by atoms with E-state index in [2.05, 4.69) is 38.1 Å². The predicted octanol–water partition coefficient (Wildman–Crippen LogP) is 4.74. The molecule has 4 rings (SSSR count). The average molecular weight is 422 g/mol. The van der Waals surface area contributed by atoms with Crippen LogP contribution >= 0.6 is 0 Å². The zero-order valence-electron chi connectivity index (χ0n) is 18.3. The van der Waals surface area contributed by atoms with Gasteiger partial charge >= 0.3 is 6.09 Å². The second kappa shape index (κ2) is 9.65. The SMILES string of the molecule is CC(C)c1ccc(CC(=O)C2CC3COCC(C2)N3C(=O)OCc2ccccc2)cc1. The van der Waals surface area contributed by atoms with Crippen molar-refractivity contribution in [3.63, 3.8) is 0 Å². The van der Waals surface area contributed by atoms with Crippen molar-refractivity contribution in [1.82, 2.24) is 4.90 Å². The number of hydrogen-bond acceptors (Lipinski definition) is 4. The number of morpholine rings is 1. The molecule has 5 nitrogen and oxygen atoms in total. The number of fused-ring (bicyclic) bond motifs is 2. The molecule has 1 amide bonds. The van der Waals surface area contributed by atoms with Crippen LogP contribution in [0.15, 0.2) is 54.6 Å². The number of ether oxygens (including phenoxy) is 2. The summed E-state index contributed by atoms with van der Waals surface area (Å²) in [5.41, 5.74) is 3.30. The Morgan fingerprint density at radius 2 is 1.61 bits per heavy atom. The van der Waals surface area contributed by atoms with Crippen LogP contribution in [0.25, 0.3) is 0 Å². The van der Waals surface area contributed by atoms with Crippen LogP contribution in [-0.4, -0.2) is 42.1 Å². The van der Waals surface area contributed by atoms with E-state index in [1.807, 2.05) is 35.2 Å². The molecule has 2 aliphatic rings. The number of ketones is 1. The summed E-state index contributed by atoms with van der Waals surface area (Å²) in [5.74, 6) is 0.698. The number of amides is 1. The Balaban J connectivity index is 1.36. The average Bonchev–Trinajstić information content (AvgIpc) is 2.77. The number of carbonyl (C=O) groups excluding carboxylic acids is 2. The maximum Gasteiger partial charge on any atom is 0.410 e. The van der Waals surface area contributed by atoms with Gasteiger partial charge in [-0.05, 0) is 35.4 Å². The Morgan fingerprint density at radius 3 is 2.23 bits per heavy atom. The highest BCUT2D eigenvalue weighted by atomic mass is 16.6. The van der Waals surface area contributed by atoms with Gasteiger partial charge in [0, 0.05) is 12.3 Å². The Labute approximate surface area is 184 Å². The minimum atomic E-state index is -0.308. The molecule has 2 saturated heterocycles. The molecule has 2 heterocycles. The second-order valence-electron chi connectivity index (χ2n) is 9.00. The molecule has 5 heteroatoms. The predicted molar refractivity (Wildman–Crippen MR) is 119 cm³/mol. The third-order valence-corrected chi connectivity index (χ3v) is 6.42. The van der Waals surface area contributed by atoms with E-state index in [0.717, 1.165) is 11.1 Å². The van der Waals surface area contributed by atoms with Gasteiger partial charge in [0.25, 0.3) is 0 Å². The normalized spacial score (nSPS) is 22.9. The molecular weight excluding hydrogens is 390 g/mol. The van der Waals surface area contributed by atoms with Crippen molar-refractivity contribution in [2.75, 3.05) is 13.2 Å². The highest BCUT2D eigenvalue weighted by Gasteiger charge is 2.44. The van der Waals surface area contributed by atoms with Gasteiger partial charge in [-0.25, -0.2) is 4.79 Å². The Morgan fingerprint density at radius 1 is 0.968 bits per heavy atom. The van der Waals surface area contributed by atoms with E-state index >= 15 is 0 Å². The third kappa shape index (κ3) is 5.16. The number of Topliss-reactive ketones (excluding diaryl/α,β-unsaturated/α-hetero) is 1. The molecule has 2 bridgehead atoms. The molecule has 0 radical (unpaired) electrons. The summed E-state index contributed by atoms with van der Waals surface area (Å²) < 4.78 is 11.3. The number of piperidine rings is 1. The van der Waals surface area contributed by atoms with Crippen molar-refractivity contribution in [1.29, 1.82) is 0 Å². The molecule has 2 aromatic rings. The van der Waals surface area contributed by atoms with Crippen LogP contribution in [0, 0.1) is 5.92 Å². The van der Waals surface area contributed by atoms with Crippen LogP contribution < -0.4 is 0 Å². The monoisotopic (exact) mass is 421 g/mol. The van der Waals surface area contributed by atoms with E-state index in [1.54, 1.807) is 0 Å². The molecule has 31 heavy (non-hydrogen) atoms. The minimum absolute atomic E-state index is 0.0400. The van der Waals surface area contributed by atoms with Crippen molar-refractivity contribution in [2.24, 2.45) is 5.92 Å². The van der Waals surface area contributed by atoms with E-state index in [9.17, 15) is 9.59 Å². The largest absolute Gasteiger partial charge is 0.445 e. The van der Waals surface area contributed by atoms with Gasteiger partial charge in [0.2, 0.25) is 0 Å². The lowest BCUT2D eigenvalue weighted by Crippen LogP contribution is -2.60. The number of hydrogen-bond donors (Lipinski definition) is 0. The second-order valence-corrected chi connectivity index (χ2v) is 9.00. The quantitative estimate of drug-likeness (QED) is 0.676. The topological polar surface area (TPSA) is 55.8 Å². The standard InChI is InChI=1S/C26H31NO4/c1-18(2)21-10-8-19(9-11-21)12-25(28)22-13-23-16-30-17-24(14-22)27(23)26(29)31-15-20-6-4-3-5-7-20/h3-11,18,22-24H,12-17H2,1-2H3. The van der Waals surface area contributed by atoms with Gasteiger partial charge in [-0.2, -0.15) is 0 Å². The lowest BCUT2D eigenvalue weighted by molar-refractivity contribution is -0.130. The smallest absolute Gasteiger partial charge is 0.410 e. The van der Waals surface area contributed by atoms with Crippen molar-refractivity contribution >= 4 is 11.9 Å². The Hall–Kier alpha value is -2.66. The van der Waals surface area contributed by atoms with E-state index in [4.69, 9.17) is 9.47 Å². The van der Waals surface area contributed by atoms with Gasteiger partial charge in [-0.1, -0.05) is 68.4 Å². The van der Waals surface area contributed by atoms with Gasteiger partial charge in [-0.15, -0.1) is 0 Å². The summed E-state index contributed by atoms with van der Waals surface area (Å²) in [6.07, 6.45) is 1.42. The zero-order chi connectivity index (χ0) is 21.8. The summed E-state index contributed by atoms with van der Waals surface area (Å²) in [6, 6.07) is 17.8. The van der Waals surface area contributed by atoms with E-state index in [-0.39, 0.29) is 36.5 Å².